The smallest absolute Gasteiger partial charge is 0.259 e. The van der Waals surface area contributed by atoms with E-state index in [1.165, 1.54) is 4.90 Å². The van der Waals surface area contributed by atoms with Crippen LogP contribution in [0.2, 0.25) is 0 Å². The van der Waals surface area contributed by atoms with Crippen LogP contribution in [0, 0.1) is 5.92 Å². The van der Waals surface area contributed by atoms with Gasteiger partial charge in [-0.05, 0) is 52.7 Å². The summed E-state index contributed by atoms with van der Waals surface area (Å²) in [6.07, 6.45) is 3.87. The van der Waals surface area contributed by atoms with Crippen LogP contribution < -0.4 is 4.74 Å². The number of hydrogen-bond donors (Lipinski definition) is 2. The highest BCUT2D eigenvalue weighted by Crippen LogP contribution is 2.56. The van der Waals surface area contributed by atoms with E-state index in [-0.39, 0.29) is 5.78 Å². The Morgan fingerprint density at radius 2 is 1.94 bits per heavy atom. The van der Waals surface area contributed by atoms with Crippen molar-refractivity contribution in [3.05, 3.63) is 52.8 Å². The predicted molar refractivity (Wildman–Crippen MR) is 133 cm³/mol. The maximum absolute atomic E-state index is 13.9. The number of piperidine rings is 1. The molecule has 3 aliphatic rings. The maximum atomic E-state index is 13.9. The van der Waals surface area contributed by atoms with Crippen LogP contribution in [-0.2, 0) is 16.1 Å². The van der Waals surface area contributed by atoms with Crippen molar-refractivity contribution in [1.29, 1.82) is 0 Å². The van der Waals surface area contributed by atoms with E-state index in [1.54, 1.807) is 7.11 Å². The molecule has 1 amide bonds. The van der Waals surface area contributed by atoms with Gasteiger partial charge in [0, 0.05) is 41.7 Å². The van der Waals surface area contributed by atoms with E-state index in [0.29, 0.717) is 30.8 Å². The lowest BCUT2D eigenvalue weighted by Crippen LogP contribution is -2.69. The van der Waals surface area contributed by atoms with E-state index in [9.17, 15) is 19.8 Å². The number of hydrogen-bond acceptors (Lipinski definition) is 5. The first-order valence-electron chi connectivity index (χ1n) is 12.3. The number of amides is 1. The van der Waals surface area contributed by atoms with Gasteiger partial charge < -0.3 is 24.4 Å². The number of fused-ring (bicyclic) bond motifs is 5. The Balaban J connectivity index is 1.86. The fraction of sp³-hybridized carbons (Fsp3) is 0.500. The lowest BCUT2D eigenvalue weighted by atomic mass is 9.61. The zero-order valence-corrected chi connectivity index (χ0v) is 21.0. The van der Waals surface area contributed by atoms with Crippen LogP contribution in [-0.4, -0.2) is 56.7 Å². The second kappa shape index (κ2) is 8.35. The van der Waals surface area contributed by atoms with E-state index in [4.69, 9.17) is 4.74 Å². The molecule has 5 rings (SSSR count). The largest absolute Gasteiger partial charge is 0.497 e. The number of aliphatic hydroxyl groups excluding tert-OH is 1. The molecule has 1 aromatic heterocycles. The van der Waals surface area contributed by atoms with E-state index in [0.717, 1.165) is 34.2 Å². The van der Waals surface area contributed by atoms with Gasteiger partial charge in [0.1, 0.15) is 11.9 Å². The van der Waals surface area contributed by atoms with Crippen molar-refractivity contribution in [2.24, 2.45) is 5.92 Å². The molecule has 2 fully saturated rings. The van der Waals surface area contributed by atoms with Crippen molar-refractivity contribution in [1.82, 2.24) is 9.47 Å². The van der Waals surface area contributed by atoms with Crippen molar-refractivity contribution in [3.63, 3.8) is 0 Å². The van der Waals surface area contributed by atoms with E-state index >= 15 is 0 Å². The SMILES string of the molecule is COc1ccc2c3c(n(CC=C(C)C)c2c1)[C@H](C=C(C)C)[C@H]1C(=O)[C@@H]2CCCN2C(=O)[C@]1(O)[C@H]3O. The Bertz CT molecular complexity index is 1280. The van der Waals surface area contributed by atoms with Gasteiger partial charge >= 0.3 is 0 Å². The molecule has 1 aromatic carbocycles. The van der Waals surface area contributed by atoms with E-state index in [2.05, 4.69) is 10.6 Å². The predicted octanol–water partition coefficient (Wildman–Crippen LogP) is 3.63. The first-order valence-corrected chi connectivity index (χ1v) is 12.3. The summed E-state index contributed by atoms with van der Waals surface area (Å²) in [5.41, 5.74) is 2.04. The molecule has 0 saturated carbocycles. The molecule has 2 aliphatic heterocycles. The summed E-state index contributed by atoms with van der Waals surface area (Å²) in [5.74, 6) is -1.63. The molecule has 3 heterocycles. The summed E-state index contributed by atoms with van der Waals surface area (Å²) in [4.78, 5) is 29.1. The highest BCUT2D eigenvalue weighted by molar-refractivity contribution is 6.05. The zero-order valence-electron chi connectivity index (χ0n) is 21.0. The highest BCUT2D eigenvalue weighted by atomic mass is 16.5. The van der Waals surface area contributed by atoms with Crippen LogP contribution in [0.1, 0.15) is 63.8 Å². The average Bonchev–Trinajstić information content (AvgIpc) is 3.42. The van der Waals surface area contributed by atoms with Crippen LogP contribution in [0.15, 0.2) is 41.5 Å². The van der Waals surface area contributed by atoms with Gasteiger partial charge in [-0.2, -0.15) is 0 Å². The number of Topliss-reactive ketones (excluding diaryl/α,β-unsaturated/α-hetero) is 1. The van der Waals surface area contributed by atoms with Crippen LogP contribution >= 0.6 is 0 Å². The number of ether oxygens (including phenoxy) is 1. The molecule has 5 atom stereocenters. The van der Waals surface area contributed by atoms with Gasteiger partial charge in [0.05, 0.1) is 24.6 Å². The topological polar surface area (TPSA) is 92.0 Å². The summed E-state index contributed by atoms with van der Waals surface area (Å²) in [5, 5.41) is 24.5. The van der Waals surface area contributed by atoms with Crippen molar-refractivity contribution < 1.29 is 24.5 Å². The van der Waals surface area contributed by atoms with Crippen molar-refractivity contribution in [2.75, 3.05) is 13.7 Å². The molecule has 0 spiro atoms. The van der Waals surface area contributed by atoms with Gasteiger partial charge in [0.2, 0.25) is 0 Å². The van der Waals surface area contributed by atoms with Gasteiger partial charge in [0.25, 0.3) is 5.91 Å². The second-order valence-electron chi connectivity index (χ2n) is 10.6. The van der Waals surface area contributed by atoms with Gasteiger partial charge in [0.15, 0.2) is 11.4 Å². The first kappa shape index (κ1) is 23.8. The minimum Gasteiger partial charge on any atom is -0.497 e. The molecular weight excluding hydrogens is 444 g/mol. The van der Waals surface area contributed by atoms with Gasteiger partial charge in [-0.15, -0.1) is 0 Å². The second-order valence-corrected chi connectivity index (χ2v) is 10.6. The molecule has 35 heavy (non-hydrogen) atoms. The normalized spacial score (nSPS) is 29.5. The number of carbonyl (C=O) groups excluding carboxylic acids is 2. The molecule has 7 heteroatoms. The highest BCUT2D eigenvalue weighted by Gasteiger charge is 2.67. The molecule has 2 aromatic rings. The van der Waals surface area contributed by atoms with E-state index < -0.39 is 35.5 Å². The van der Waals surface area contributed by atoms with Gasteiger partial charge in [-0.25, -0.2) is 0 Å². The Hall–Kier alpha value is -2.90. The monoisotopic (exact) mass is 478 g/mol. The molecular formula is C28H34N2O5. The molecule has 7 nitrogen and oxygen atoms in total. The molecule has 0 bridgehead atoms. The maximum Gasteiger partial charge on any atom is 0.259 e. The molecule has 186 valence electrons. The minimum atomic E-state index is -2.21. The van der Waals surface area contributed by atoms with Crippen LogP contribution in [0.5, 0.6) is 5.75 Å². The number of carbonyl (C=O) groups is 2. The van der Waals surface area contributed by atoms with Crippen LogP contribution in [0.3, 0.4) is 0 Å². The van der Waals surface area contributed by atoms with Crippen molar-refractivity contribution in [2.45, 2.75) is 70.7 Å². The third kappa shape index (κ3) is 3.32. The summed E-state index contributed by atoms with van der Waals surface area (Å²) >= 11 is 0. The average molecular weight is 479 g/mol. The van der Waals surface area contributed by atoms with Gasteiger partial charge in [-0.1, -0.05) is 23.3 Å². The first-order chi connectivity index (χ1) is 16.6. The molecule has 2 N–H and O–H groups in total. The summed E-state index contributed by atoms with van der Waals surface area (Å²) < 4.78 is 7.59. The number of methoxy groups -OCH3 is 1. The summed E-state index contributed by atoms with van der Waals surface area (Å²) in [6.45, 7) is 8.91. The van der Waals surface area contributed by atoms with Gasteiger partial charge in [-0.3, -0.25) is 9.59 Å². The minimum absolute atomic E-state index is 0.159. The molecule has 0 unspecified atom stereocenters. The van der Waals surface area contributed by atoms with Crippen molar-refractivity contribution in [3.8, 4) is 5.75 Å². The van der Waals surface area contributed by atoms with Crippen LogP contribution in [0.25, 0.3) is 10.9 Å². The van der Waals surface area contributed by atoms with Crippen molar-refractivity contribution >= 4 is 22.6 Å². The number of rotatable bonds is 4. The quantitative estimate of drug-likeness (QED) is 0.655. The number of aliphatic hydroxyl groups is 2. The number of allylic oxidation sites excluding steroid dienone is 4. The molecule has 2 saturated heterocycles. The Kier molecular flexibility index (Phi) is 5.68. The third-order valence-electron chi connectivity index (χ3n) is 7.88. The zero-order chi connectivity index (χ0) is 25.2. The number of aromatic nitrogens is 1. The summed E-state index contributed by atoms with van der Waals surface area (Å²) in [6, 6.07) is 5.06. The number of ketones is 1. The summed E-state index contributed by atoms with van der Waals surface area (Å²) in [7, 11) is 1.60. The Morgan fingerprint density at radius 1 is 1.20 bits per heavy atom. The number of benzene rings is 1. The standard InChI is InChI=1S/C28H34N2O5/c1-15(2)10-12-29-21-14-17(35-5)8-9-18(21)22-24(29)19(13-16(3)4)23-25(31)20-7-6-11-30(20)27(33)28(23,34)26(22)32/h8-10,13-14,19-20,23,26,32,34H,6-7,11-12H2,1-5H3/t19-,20+,23+,26+,28-/m1/s1. The fourth-order valence-corrected chi connectivity index (χ4v) is 6.36. The lowest BCUT2D eigenvalue weighted by molar-refractivity contribution is -0.194. The van der Waals surface area contributed by atoms with Crippen LogP contribution in [0.4, 0.5) is 0 Å². The third-order valence-corrected chi connectivity index (χ3v) is 7.88. The molecule has 0 radical (unpaired) electrons. The fourth-order valence-electron chi connectivity index (χ4n) is 6.36. The van der Waals surface area contributed by atoms with E-state index in [1.807, 2.05) is 52.0 Å². The Morgan fingerprint density at radius 3 is 2.60 bits per heavy atom. The lowest BCUT2D eigenvalue weighted by Gasteiger charge is -2.51. The number of nitrogens with zero attached hydrogens (tertiary/aromatic N) is 2. The Labute approximate surface area is 205 Å². The molecule has 1 aliphatic carbocycles.